The molecule has 0 heterocycles. The highest BCUT2D eigenvalue weighted by atomic mass is 35.5. The standard InChI is InChI=1S/C23H28ClNO2.ClH/c1-14(13-26)22(27)25-12-20-16-7-5-6-8-18(16)21(24)19-11-15(23(2,3)4)9-10-17(19)20;/h5-11,14,22,25-27H,12-13H2,1-4H3;1H. The third-order valence-electron chi connectivity index (χ3n) is 5.25. The average Bonchev–Trinajstić information content (AvgIpc) is 2.66. The van der Waals surface area contributed by atoms with Gasteiger partial charge in [0.1, 0.15) is 6.23 Å². The third-order valence-corrected chi connectivity index (χ3v) is 5.66. The van der Waals surface area contributed by atoms with E-state index in [-0.39, 0.29) is 30.3 Å². The fourth-order valence-corrected chi connectivity index (χ4v) is 3.70. The molecule has 5 heteroatoms. The Morgan fingerprint density at radius 3 is 2.21 bits per heavy atom. The minimum atomic E-state index is -0.770. The molecule has 0 aliphatic carbocycles. The summed E-state index contributed by atoms with van der Waals surface area (Å²) in [5, 5.41) is 27.6. The van der Waals surface area contributed by atoms with Crippen LogP contribution in [-0.4, -0.2) is 23.0 Å². The first-order valence-corrected chi connectivity index (χ1v) is 9.77. The van der Waals surface area contributed by atoms with Crippen molar-refractivity contribution in [3.8, 4) is 0 Å². The van der Waals surface area contributed by atoms with E-state index in [0.717, 1.165) is 32.1 Å². The fraction of sp³-hybridized carbons (Fsp3) is 0.391. The fourth-order valence-electron chi connectivity index (χ4n) is 3.38. The minimum Gasteiger partial charge on any atom is -0.396 e. The number of aliphatic hydroxyl groups excluding tert-OH is 2. The molecule has 0 bridgehead atoms. The van der Waals surface area contributed by atoms with Crippen LogP contribution in [0.15, 0.2) is 42.5 Å². The van der Waals surface area contributed by atoms with Crippen molar-refractivity contribution in [2.45, 2.75) is 45.9 Å². The summed E-state index contributed by atoms with van der Waals surface area (Å²) in [5.41, 5.74) is 2.38. The van der Waals surface area contributed by atoms with Crippen molar-refractivity contribution in [1.82, 2.24) is 5.32 Å². The lowest BCUT2D eigenvalue weighted by Crippen LogP contribution is -2.35. The minimum absolute atomic E-state index is 0. The van der Waals surface area contributed by atoms with Crippen LogP contribution in [-0.2, 0) is 12.0 Å². The van der Waals surface area contributed by atoms with Gasteiger partial charge >= 0.3 is 0 Å². The van der Waals surface area contributed by atoms with Crippen LogP contribution in [0.1, 0.15) is 38.8 Å². The molecule has 2 unspecified atom stereocenters. The zero-order valence-electron chi connectivity index (χ0n) is 16.8. The van der Waals surface area contributed by atoms with E-state index in [1.807, 2.05) is 25.1 Å². The van der Waals surface area contributed by atoms with Gasteiger partial charge in [-0.3, -0.25) is 5.32 Å². The van der Waals surface area contributed by atoms with E-state index in [9.17, 15) is 10.2 Å². The zero-order valence-corrected chi connectivity index (χ0v) is 18.4. The maximum absolute atomic E-state index is 10.2. The predicted molar refractivity (Wildman–Crippen MR) is 122 cm³/mol. The molecule has 0 radical (unpaired) electrons. The van der Waals surface area contributed by atoms with Crippen molar-refractivity contribution < 1.29 is 10.2 Å². The first kappa shape index (κ1) is 22.9. The van der Waals surface area contributed by atoms with Gasteiger partial charge in [0.2, 0.25) is 0 Å². The van der Waals surface area contributed by atoms with Gasteiger partial charge < -0.3 is 10.2 Å². The molecule has 2 atom stereocenters. The van der Waals surface area contributed by atoms with Gasteiger partial charge in [0, 0.05) is 29.8 Å². The number of nitrogens with one attached hydrogen (secondary N) is 1. The summed E-state index contributed by atoms with van der Waals surface area (Å²) in [7, 11) is 0. The summed E-state index contributed by atoms with van der Waals surface area (Å²) in [6, 6.07) is 14.6. The van der Waals surface area contributed by atoms with Crippen LogP contribution in [0, 0.1) is 5.92 Å². The van der Waals surface area contributed by atoms with Crippen molar-refractivity contribution in [3.63, 3.8) is 0 Å². The molecule has 3 aromatic rings. The Hall–Kier alpha value is -1.36. The summed E-state index contributed by atoms with van der Waals surface area (Å²) >= 11 is 6.80. The highest BCUT2D eigenvalue weighted by molar-refractivity contribution is 6.41. The number of hydrogen-bond acceptors (Lipinski definition) is 3. The second-order valence-corrected chi connectivity index (χ2v) is 8.71. The van der Waals surface area contributed by atoms with E-state index in [1.165, 1.54) is 5.56 Å². The Labute approximate surface area is 178 Å². The number of hydrogen-bond donors (Lipinski definition) is 3. The van der Waals surface area contributed by atoms with E-state index in [1.54, 1.807) is 0 Å². The van der Waals surface area contributed by atoms with Crippen molar-refractivity contribution in [2.75, 3.05) is 6.61 Å². The zero-order chi connectivity index (χ0) is 19.8. The summed E-state index contributed by atoms with van der Waals surface area (Å²) < 4.78 is 0. The van der Waals surface area contributed by atoms with Gasteiger partial charge in [-0.25, -0.2) is 0 Å². The van der Waals surface area contributed by atoms with E-state index in [0.29, 0.717) is 6.54 Å². The molecule has 3 nitrogen and oxygen atoms in total. The molecule has 3 aromatic carbocycles. The Bertz CT molecular complexity index is 966. The maximum Gasteiger partial charge on any atom is 0.109 e. The van der Waals surface area contributed by atoms with E-state index in [2.05, 4.69) is 50.4 Å². The molecular weight excluding hydrogens is 393 g/mol. The summed E-state index contributed by atoms with van der Waals surface area (Å²) in [4.78, 5) is 0. The SMILES string of the molecule is CC(CO)C(O)NCc1c2ccccc2c(Cl)c2cc(C(C)(C)C)ccc12.Cl. The molecule has 0 saturated carbocycles. The second kappa shape index (κ2) is 8.98. The molecule has 3 rings (SSSR count). The highest BCUT2D eigenvalue weighted by Gasteiger charge is 2.19. The quantitative estimate of drug-likeness (QED) is 0.381. The summed E-state index contributed by atoms with van der Waals surface area (Å²) in [6.07, 6.45) is -0.770. The van der Waals surface area contributed by atoms with Crippen LogP contribution in [0.5, 0.6) is 0 Å². The Kier molecular flexibility index (Phi) is 7.35. The van der Waals surface area contributed by atoms with Crippen molar-refractivity contribution in [3.05, 3.63) is 58.6 Å². The lowest BCUT2D eigenvalue weighted by atomic mass is 9.84. The number of halogens is 2. The van der Waals surface area contributed by atoms with Gasteiger partial charge in [0.25, 0.3) is 0 Å². The molecule has 0 fully saturated rings. The van der Waals surface area contributed by atoms with Gasteiger partial charge in [-0.05, 0) is 33.4 Å². The van der Waals surface area contributed by atoms with E-state index >= 15 is 0 Å². The van der Waals surface area contributed by atoms with Gasteiger partial charge in [-0.15, -0.1) is 12.4 Å². The van der Waals surface area contributed by atoms with Crippen LogP contribution < -0.4 is 5.32 Å². The Balaban J connectivity index is 0.00000280. The molecule has 152 valence electrons. The Morgan fingerprint density at radius 1 is 1.00 bits per heavy atom. The molecule has 3 N–H and O–H groups in total. The topological polar surface area (TPSA) is 52.5 Å². The Morgan fingerprint density at radius 2 is 1.61 bits per heavy atom. The first-order valence-electron chi connectivity index (χ1n) is 9.39. The maximum atomic E-state index is 10.2. The molecule has 0 aliphatic rings. The lowest BCUT2D eigenvalue weighted by Gasteiger charge is -2.23. The lowest BCUT2D eigenvalue weighted by molar-refractivity contribution is 0.0496. The smallest absolute Gasteiger partial charge is 0.109 e. The molecule has 0 aromatic heterocycles. The number of rotatable bonds is 5. The van der Waals surface area contributed by atoms with Gasteiger partial charge in [0.05, 0.1) is 5.02 Å². The molecular formula is C23H29Cl2NO2. The molecule has 0 amide bonds. The first-order chi connectivity index (χ1) is 12.7. The predicted octanol–water partition coefficient (Wildman–Crippen LogP) is 5.40. The molecule has 0 saturated heterocycles. The largest absolute Gasteiger partial charge is 0.396 e. The van der Waals surface area contributed by atoms with Crippen LogP contribution in [0.25, 0.3) is 21.5 Å². The number of fused-ring (bicyclic) bond motifs is 2. The monoisotopic (exact) mass is 421 g/mol. The van der Waals surface area contributed by atoms with Crippen molar-refractivity contribution in [2.24, 2.45) is 5.92 Å². The molecule has 28 heavy (non-hydrogen) atoms. The average molecular weight is 422 g/mol. The highest BCUT2D eigenvalue weighted by Crippen LogP contribution is 2.38. The summed E-state index contributed by atoms with van der Waals surface area (Å²) in [5.74, 6) is -0.234. The van der Waals surface area contributed by atoms with Crippen molar-refractivity contribution >= 4 is 45.6 Å². The molecule has 0 aliphatic heterocycles. The van der Waals surface area contributed by atoms with E-state index in [4.69, 9.17) is 11.6 Å². The van der Waals surface area contributed by atoms with Crippen LogP contribution in [0.2, 0.25) is 5.02 Å². The van der Waals surface area contributed by atoms with Crippen LogP contribution >= 0.6 is 24.0 Å². The number of benzene rings is 3. The van der Waals surface area contributed by atoms with Crippen LogP contribution in [0.3, 0.4) is 0 Å². The van der Waals surface area contributed by atoms with E-state index < -0.39 is 6.23 Å². The van der Waals surface area contributed by atoms with Gasteiger partial charge in [-0.1, -0.05) is 75.7 Å². The van der Waals surface area contributed by atoms with Crippen LogP contribution in [0.4, 0.5) is 0 Å². The van der Waals surface area contributed by atoms with Gasteiger partial charge in [0.15, 0.2) is 0 Å². The molecule has 0 spiro atoms. The summed E-state index contributed by atoms with van der Waals surface area (Å²) in [6.45, 7) is 8.82. The second-order valence-electron chi connectivity index (χ2n) is 8.33. The third kappa shape index (κ3) is 4.45. The van der Waals surface area contributed by atoms with Gasteiger partial charge in [-0.2, -0.15) is 0 Å². The number of aliphatic hydroxyl groups is 2. The normalized spacial score (nSPS) is 14.1. The van der Waals surface area contributed by atoms with Crippen molar-refractivity contribution in [1.29, 1.82) is 0 Å².